The van der Waals surface area contributed by atoms with E-state index >= 15 is 0 Å². The van der Waals surface area contributed by atoms with E-state index in [4.69, 9.17) is 16.1 Å². The molecule has 0 radical (unpaired) electrons. The third kappa shape index (κ3) is 2.62. The summed E-state index contributed by atoms with van der Waals surface area (Å²) in [6.07, 6.45) is 0. The lowest BCUT2D eigenvalue weighted by Gasteiger charge is -2.21. The maximum Gasteiger partial charge on any atom is 0.278 e. The van der Waals surface area contributed by atoms with Crippen molar-refractivity contribution in [2.75, 3.05) is 0 Å². The number of rotatable bonds is 2. The molecule has 0 bridgehead atoms. The first-order valence-corrected chi connectivity index (χ1v) is 7.57. The topological polar surface area (TPSA) is 68.8 Å². The van der Waals surface area contributed by atoms with Gasteiger partial charge in [-0.25, -0.2) is 4.39 Å². The molecule has 8 heteroatoms. The van der Waals surface area contributed by atoms with Gasteiger partial charge in [-0.15, -0.1) is 0 Å². The van der Waals surface area contributed by atoms with E-state index in [0.717, 1.165) is 18.8 Å². The van der Waals surface area contributed by atoms with Gasteiger partial charge in [0.05, 0.1) is 17.3 Å². The number of benzene rings is 1. The molecule has 2 aromatic heterocycles. The van der Waals surface area contributed by atoms with Gasteiger partial charge >= 0.3 is 0 Å². The van der Waals surface area contributed by atoms with E-state index in [1.807, 2.05) is 10.7 Å². The number of aromatic nitrogens is 4. The SMILES string of the molecule is CC1Cn2nc(-c3nc(-c4ccc(F)cc4Cl)no3)cc2CN1. The first-order valence-electron chi connectivity index (χ1n) is 7.20. The Morgan fingerprint density at radius 3 is 3.09 bits per heavy atom. The van der Waals surface area contributed by atoms with E-state index in [1.165, 1.54) is 18.2 Å². The molecule has 6 nitrogen and oxygen atoms in total. The first kappa shape index (κ1) is 14.3. The second kappa shape index (κ2) is 5.43. The standard InChI is InChI=1S/C15H13ClFN5O/c1-8-7-22-10(6-18-8)5-13(20-22)15-19-14(21-23-15)11-3-2-9(17)4-12(11)16/h2-5,8,18H,6-7H2,1H3. The molecule has 1 unspecified atom stereocenters. The van der Waals surface area contributed by atoms with Crippen LogP contribution in [0.5, 0.6) is 0 Å². The van der Waals surface area contributed by atoms with Gasteiger partial charge in [-0.1, -0.05) is 16.8 Å². The molecule has 1 aliphatic rings. The molecule has 23 heavy (non-hydrogen) atoms. The zero-order valence-corrected chi connectivity index (χ0v) is 13.0. The Bertz CT molecular complexity index is 875. The predicted molar refractivity (Wildman–Crippen MR) is 82.2 cm³/mol. The van der Waals surface area contributed by atoms with Crippen LogP contribution in [0.4, 0.5) is 4.39 Å². The molecule has 1 aromatic carbocycles. The lowest BCUT2D eigenvalue weighted by Crippen LogP contribution is -2.36. The van der Waals surface area contributed by atoms with Gasteiger partial charge in [0.25, 0.3) is 5.89 Å². The van der Waals surface area contributed by atoms with Crippen LogP contribution < -0.4 is 5.32 Å². The van der Waals surface area contributed by atoms with Crippen molar-refractivity contribution < 1.29 is 8.91 Å². The van der Waals surface area contributed by atoms with Crippen LogP contribution in [0, 0.1) is 5.82 Å². The van der Waals surface area contributed by atoms with E-state index in [2.05, 4.69) is 27.5 Å². The minimum atomic E-state index is -0.411. The molecule has 3 heterocycles. The second-order valence-electron chi connectivity index (χ2n) is 5.53. The Morgan fingerprint density at radius 1 is 1.39 bits per heavy atom. The van der Waals surface area contributed by atoms with Crippen LogP contribution >= 0.6 is 11.6 Å². The third-order valence-electron chi connectivity index (χ3n) is 3.76. The van der Waals surface area contributed by atoms with Gasteiger partial charge in [-0.05, 0) is 31.2 Å². The minimum Gasteiger partial charge on any atom is -0.332 e. The Hall–Kier alpha value is -2.25. The van der Waals surface area contributed by atoms with Crippen molar-refractivity contribution in [3.8, 4) is 23.0 Å². The molecule has 0 saturated heterocycles. The van der Waals surface area contributed by atoms with E-state index in [9.17, 15) is 4.39 Å². The van der Waals surface area contributed by atoms with Crippen molar-refractivity contribution >= 4 is 11.6 Å². The highest BCUT2D eigenvalue weighted by atomic mass is 35.5. The van der Waals surface area contributed by atoms with Crippen molar-refractivity contribution in [3.05, 3.63) is 40.8 Å². The number of fused-ring (bicyclic) bond motifs is 1. The predicted octanol–water partition coefficient (Wildman–Crippen LogP) is 2.88. The van der Waals surface area contributed by atoms with Gasteiger partial charge in [-0.3, -0.25) is 4.68 Å². The average Bonchev–Trinajstić information content (AvgIpc) is 3.12. The molecule has 3 aromatic rings. The molecule has 0 saturated carbocycles. The molecule has 118 valence electrons. The Kier molecular flexibility index (Phi) is 3.39. The van der Waals surface area contributed by atoms with Crippen molar-refractivity contribution in [2.45, 2.75) is 26.1 Å². The Morgan fingerprint density at radius 2 is 2.26 bits per heavy atom. The Balaban J connectivity index is 1.68. The van der Waals surface area contributed by atoms with E-state index < -0.39 is 5.82 Å². The molecule has 0 fully saturated rings. The van der Waals surface area contributed by atoms with Crippen LogP contribution in [-0.4, -0.2) is 26.0 Å². The lowest BCUT2D eigenvalue weighted by molar-refractivity contribution is 0.388. The number of nitrogens with one attached hydrogen (secondary N) is 1. The molecule has 0 amide bonds. The van der Waals surface area contributed by atoms with Crippen molar-refractivity contribution in [1.82, 2.24) is 25.2 Å². The summed E-state index contributed by atoms with van der Waals surface area (Å²) in [5, 5.41) is 12.0. The van der Waals surface area contributed by atoms with Crippen LogP contribution in [0.3, 0.4) is 0 Å². The van der Waals surface area contributed by atoms with Crippen molar-refractivity contribution in [2.24, 2.45) is 0 Å². The quantitative estimate of drug-likeness (QED) is 0.781. The number of hydrogen-bond acceptors (Lipinski definition) is 5. The average molecular weight is 334 g/mol. The molecular weight excluding hydrogens is 321 g/mol. The minimum absolute atomic E-state index is 0.236. The maximum atomic E-state index is 13.1. The zero-order chi connectivity index (χ0) is 16.0. The molecule has 4 rings (SSSR count). The fourth-order valence-electron chi connectivity index (χ4n) is 2.57. The number of hydrogen-bond donors (Lipinski definition) is 1. The third-order valence-corrected chi connectivity index (χ3v) is 4.07. The van der Waals surface area contributed by atoms with Crippen LogP contribution in [0.1, 0.15) is 12.6 Å². The van der Waals surface area contributed by atoms with Gasteiger partial charge in [0.1, 0.15) is 5.82 Å². The normalized spacial score (nSPS) is 17.3. The second-order valence-corrected chi connectivity index (χ2v) is 5.94. The van der Waals surface area contributed by atoms with Gasteiger partial charge in [0, 0.05) is 18.2 Å². The largest absolute Gasteiger partial charge is 0.332 e. The molecule has 1 atom stereocenters. The summed E-state index contributed by atoms with van der Waals surface area (Å²) in [6, 6.07) is 6.33. The van der Waals surface area contributed by atoms with Crippen LogP contribution in [-0.2, 0) is 13.1 Å². The monoisotopic (exact) mass is 333 g/mol. The summed E-state index contributed by atoms with van der Waals surface area (Å²) < 4.78 is 20.3. The molecule has 0 spiro atoms. The number of nitrogens with zero attached hydrogens (tertiary/aromatic N) is 4. The van der Waals surface area contributed by atoms with Crippen LogP contribution in [0.2, 0.25) is 5.02 Å². The lowest BCUT2D eigenvalue weighted by atomic mass is 10.2. The summed E-state index contributed by atoms with van der Waals surface area (Å²) >= 11 is 6.03. The smallest absolute Gasteiger partial charge is 0.278 e. The maximum absolute atomic E-state index is 13.1. The molecule has 1 aliphatic heterocycles. The highest BCUT2D eigenvalue weighted by Gasteiger charge is 2.20. The highest BCUT2D eigenvalue weighted by Crippen LogP contribution is 2.28. The van der Waals surface area contributed by atoms with Gasteiger partial charge in [0.15, 0.2) is 5.69 Å². The van der Waals surface area contributed by atoms with E-state index in [0.29, 0.717) is 29.0 Å². The summed E-state index contributed by atoms with van der Waals surface area (Å²) in [6.45, 7) is 3.64. The zero-order valence-electron chi connectivity index (χ0n) is 12.3. The van der Waals surface area contributed by atoms with Crippen molar-refractivity contribution in [1.29, 1.82) is 0 Å². The Labute approximate surface area is 136 Å². The van der Waals surface area contributed by atoms with Crippen molar-refractivity contribution in [3.63, 3.8) is 0 Å². The van der Waals surface area contributed by atoms with E-state index in [-0.39, 0.29) is 5.02 Å². The summed E-state index contributed by atoms with van der Waals surface area (Å²) in [7, 11) is 0. The molecule has 1 N–H and O–H groups in total. The summed E-state index contributed by atoms with van der Waals surface area (Å²) in [5.74, 6) is 0.211. The summed E-state index contributed by atoms with van der Waals surface area (Å²) in [5.41, 5.74) is 2.20. The van der Waals surface area contributed by atoms with Gasteiger partial charge in [0.2, 0.25) is 5.82 Å². The van der Waals surface area contributed by atoms with Gasteiger partial charge in [-0.2, -0.15) is 10.1 Å². The highest BCUT2D eigenvalue weighted by molar-refractivity contribution is 6.33. The fourth-order valence-corrected chi connectivity index (χ4v) is 2.82. The first-order chi connectivity index (χ1) is 11.1. The molecule has 0 aliphatic carbocycles. The molecular formula is C15H13ClFN5O. The number of halogens is 2. The van der Waals surface area contributed by atoms with Gasteiger partial charge < -0.3 is 9.84 Å². The fraction of sp³-hybridized carbons (Fsp3) is 0.267. The van der Waals surface area contributed by atoms with Crippen LogP contribution in [0.15, 0.2) is 28.8 Å². The van der Waals surface area contributed by atoms with Crippen LogP contribution in [0.25, 0.3) is 23.0 Å². The summed E-state index contributed by atoms with van der Waals surface area (Å²) in [4.78, 5) is 4.32. The van der Waals surface area contributed by atoms with E-state index in [1.54, 1.807) is 0 Å².